The van der Waals surface area contributed by atoms with Gasteiger partial charge in [0.05, 0.1) is 0 Å². The molecule has 2 aromatic carbocycles. The van der Waals surface area contributed by atoms with Crippen LogP contribution in [0.3, 0.4) is 0 Å². The van der Waals surface area contributed by atoms with Crippen LogP contribution in [0.1, 0.15) is 52.0 Å². The minimum absolute atomic E-state index is 0.0137. The summed E-state index contributed by atoms with van der Waals surface area (Å²) in [4.78, 5) is 26.5. The minimum Gasteiger partial charge on any atom is -0.349 e. The molecule has 0 bridgehead atoms. The lowest BCUT2D eigenvalue weighted by molar-refractivity contribution is 0.0728. The van der Waals surface area contributed by atoms with Gasteiger partial charge in [0.1, 0.15) is 11.6 Å². The second-order valence-corrected chi connectivity index (χ2v) is 7.27. The predicted molar refractivity (Wildman–Crippen MR) is 96.2 cm³/mol. The molecular formula is C21H20F2N2O2. The summed E-state index contributed by atoms with van der Waals surface area (Å²) in [5, 5.41) is 2.93. The number of hydrogen-bond acceptors (Lipinski definition) is 2. The Hall–Kier alpha value is -2.76. The maximum atomic E-state index is 13.5. The Labute approximate surface area is 156 Å². The van der Waals surface area contributed by atoms with Gasteiger partial charge in [-0.3, -0.25) is 9.59 Å². The Morgan fingerprint density at radius 1 is 0.926 bits per heavy atom. The van der Waals surface area contributed by atoms with Crippen LogP contribution in [0.5, 0.6) is 0 Å². The van der Waals surface area contributed by atoms with Crippen molar-refractivity contribution in [3.63, 3.8) is 0 Å². The highest BCUT2D eigenvalue weighted by Crippen LogP contribution is 2.30. The maximum absolute atomic E-state index is 13.5. The number of hydrogen-bond donors (Lipinski definition) is 1. The number of halogens is 2. The van der Waals surface area contributed by atoms with E-state index < -0.39 is 11.6 Å². The van der Waals surface area contributed by atoms with E-state index in [2.05, 4.69) is 5.32 Å². The number of amides is 2. The highest BCUT2D eigenvalue weighted by molar-refractivity contribution is 5.95. The molecule has 4 nitrogen and oxygen atoms in total. The summed E-state index contributed by atoms with van der Waals surface area (Å²) in [6.07, 6.45) is 3.82. The second-order valence-electron chi connectivity index (χ2n) is 7.27. The SMILES string of the molecule is O=C(NC1CC1)c1ccc(CN(C(=O)c2cc(F)cc(F)c2)C2CC2)cc1. The van der Waals surface area contributed by atoms with Crippen molar-refractivity contribution in [2.24, 2.45) is 0 Å². The molecule has 2 aliphatic rings. The molecular weight excluding hydrogens is 350 g/mol. The van der Waals surface area contributed by atoms with E-state index in [0.717, 1.165) is 49.4 Å². The molecule has 0 atom stereocenters. The van der Waals surface area contributed by atoms with E-state index in [1.165, 1.54) is 0 Å². The van der Waals surface area contributed by atoms with Crippen molar-refractivity contribution in [1.29, 1.82) is 0 Å². The fourth-order valence-corrected chi connectivity index (χ4v) is 3.05. The van der Waals surface area contributed by atoms with Gasteiger partial charge in [-0.15, -0.1) is 0 Å². The Morgan fingerprint density at radius 3 is 2.11 bits per heavy atom. The number of nitrogens with zero attached hydrogens (tertiary/aromatic N) is 1. The molecule has 2 saturated carbocycles. The zero-order chi connectivity index (χ0) is 19.0. The molecule has 2 fully saturated rings. The molecule has 0 aliphatic heterocycles. The van der Waals surface area contributed by atoms with Crippen molar-refractivity contribution in [3.8, 4) is 0 Å². The first-order valence-corrected chi connectivity index (χ1v) is 9.16. The van der Waals surface area contributed by atoms with Crippen LogP contribution in [0.4, 0.5) is 8.78 Å². The summed E-state index contributed by atoms with van der Waals surface area (Å²) in [7, 11) is 0. The van der Waals surface area contributed by atoms with E-state index >= 15 is 0 Å². The topological polar surface area (TPSA) is 49.4 Å². The third kappa shape index (κ3) is 4.32. The van der Waals surface area contributed by atoms with Crippen LogP contribution in [-0.4, -0.2) is 28.8 Å². The van der Waals surface area contributed by atoms with Gasteiger partial charge >= 0.3 is 0 Å². The molecule has 6 heteroatoms. The molecule has 0 aromatic heterocycles. The standard InChI is InChI=1S/C21H20F2N2O2/c22-16-9-15(10-17(23)11-16)21(27)25(19-7-8-19)12-13-1-3-14(4-2-13)20(26)24-18-5-6-18/h1-4,9-11,18-19H,5-8,12H2,(H,24,26). The smallest absolute Gasteiger partial charge is 0.254 e. The van der Waals surface area contributed by atoms with Gasteiger partial charge < -0.3 is 10.2 Å². The van der Waals surface area contributed by atoms with Gasteiger partial charge in [0, 0.05) is 35.8 Å². The van der Waals surface area contributed by atoms with Crippen molar-refractivity contribution < 1.29 is 18.4 Å². The molecule has 27 heavy (non-hydrogen) atoms. The molecule has 1 N–H and O–H groups in total. The van der Waals surface area contributed by atoms with Crippen LogP contribution in [-0.2, 0) is 6.54 Å². The monoisotopic (exact) mass is 370 g/mol. The third-order valence-corrected chi connectivity index (χ3v) is 4.84. The maximum Gasteiger partial charge on any atom is 0.254 e. The van der Waals surface area contributed by atoms with Crippen molar-refractivity contribution in [3.05, 3.63) is 70.8 Å². The van der Waals surface area contributed by atoms with Crippen molar-refractivity contribution >= 4 is 11.8 Å². The summed E-state index contributed by atoms with van der Waals surface area (Å²) in [6.45, 7) is 0.339. The van der Waals surface area contributed by atoms with Crippen molar-refractivity contribution in [1.82, 2.24) is 10.2 Å². The average molecular weight is 370 g/mol. The van der Waals surface area contributed by atoms with E-state index in [1.807, 2.05) is 12.1 Å². The van der Waals surface area contributed by atoms with Crippen LogP contribution >= 0.6 is 0 Å². The Bertz CT molecular complexity index is 854. The lowest BCUT2D eigenvalue weighted by Crippen LogP contribution is -2.32. The highest BCUT2D eigenvalue weighted by Gasteiger charge is 2.33. The average Bonchev–Trinajstić information content (AvgIpc) is 3.53. The van der Waals surface area contributed by atoms with E-state index in [-0.39, 0.29) is 23.4 Å². The van der Waals surface area contributed by atoms with E-state index in [9.17, 15) is 18.4 Å². The van der Waals surface area contributed by atoms with Crippen LogP contribution in [0.25, 0.3) is 0 Å². The molecule has 0 spiro atoms. The molecule has 0 radical (unpaired) electrons. The molecule has 0 unspecified atom stereocenters. The minimum atomic E-state index is -0.764. The zero-order valence-corrected chi connectivity index (χ0v) is 14.8. The Balaban J connectivity index is 1.48. The van der Waals surface area contributed by atoms with Crippen LogP contribution in [0.2, 0.25) is 0 Å². The number of carbonyl (C=O) groups is 2. The van der Waals surface area contributed by atoms with Gasteiger partial charge in [0.15, 0.2) is 0 Å². The van der Waals surface area contributed by atoms with Gasteiger partial charge in [0.25, 0.3) is 11.8 Å². The summed E-state index contributed by atoms with van der Waals surface area (Å²) in [6, 6.07) is 10.4. The number of benzene rings is 2. The number of rotatable bonds is 6. The molecule has 2 aliphatic carbocycles. The van der Waals surface area contributed by atoms with Gasteiger partial charge in [-0.1, -0.05) is 12.1 Å². The number of carbonyl (C=O) groups excluding carboxylic acids is 2. The fraction of sp³-hybridized carbons (Fsp3) is 0.333. The largest absolute Gasteiger partial charge is 0.349 e. The van der Waals surface area contributed by atoms with Crippen molar-refractivity contribution in [2.75, 3.05) is 0 Å². The van der Waals surface area contributed by atoms with Gasteiger partial charge in [0.2, 0.25) is 0 Å². The first-order valence-electron chi connectivity index (χ1n) is 9.16. The fourth-order valence-electron chi connectivity index (χ4n) is 3.05. The van der Waals surface area contributed by atoms with Crippen LogP contribution in [0.15, 0.2) is 42.5 Å². The molecule has 0 saturated heterocycles. The zero-order valence-electron chi connectivity index (χ0n) is 14.8. The van der Waals surface area contributed by atoms with Gasteiger partial charge in [-0.2, -0.15) is 0 Å². The van der Waals surface area contributed by atoms with Crippen molar-refractivity contribution in [2.45, 2.75) is 44.3 Å². The first kappa shape index (κ1) is 17.6. The Morgan fingerprint density at radius 2 is 1.56 bits per heavy atom. The summed E-state index contributed by atoms with van der Waals surface area (Å²) >= 11 is 0. The first-order chi connectivity index (χ1) is 13.0. The molecule has 4 rings (SSSR count). The lowest BCUT2D eigenvalue weighted by atomic mass is 10.1. The van der Waals surface area contributed by atoms with Crippen LogP contribution in [0, 0.1) is 11.6 Å². The summed E-state index contributed by atoms with van der Waals surface area (Å²) < 4.78 is 26.9. The lowest BCUT2D eigenvalue weighted by Gasteiger charge is -2.23. The molecule has 2 aromatic rings. The predicted octanol–water partition coefficient (Wildman–Crippen LogP) is 3.66. The quantitative estimate of drug-likeness (QED) is 0.844. The van der Waals surface area contributed by atoms with E-state index in [0.29, 0.717) is 18.2 Å². The molecule has 140 valence electrons. The summed E-state index contributed by atoms with van der Waals surface area (Å²) in [5.74, 6) is -2.00. The summed E-state index contributed by atoms with van der Waals surface area (Å²) in [5.41, 5.74) is 1.47. The van der Waals surface area contributed by atoms with Gasteiger partial charge in [-0.05, 0) is 55.5 Å². The molecule has 2 amide bonds. The second kappa shape index (κ2) is 7.10. The van der Waals surface area contributed by atoms with Gasteiger partial charge in [-0.25, -0.2) is 8.78 Å². The Kier molecular flexibility index (Phi) is 4.64. The number of nitrogens with one attached hydrogen (secondary N) is 1. The molecule has 0 heterocycles. The van der Waals surface area contributed by atoms with Crippen LogP contribution < -0.4 is 5.32 Å². The third-order valence-electron chi connectivity index (χ3n) is 4.84. The highest BCUT2D eigenvalue weighted by atomic mass is 19.1. The normalized spacial score (nSPS) is 16.1. The van der Waals surface area contributed by atoms with E-state index in [1.54, 1.807) is 17.0 Å². The van der Waals surface area contributed by atoms with E-state index in [4.69, 9.17) is 0 Å².